The van der Waals surface area contributed by atoms with Crippen molar-refractivity contribution in [2.75, 3.05) is 6.61 Å². The van der Waals surface area contributed by atoms with Crippen molar-refractivity contribution in [3.63, 3.8) is 0 Å². The molecule has 0 spiro atoms. The van der Waals surface area contributed by atoms with E-state index in [9.17, 15) is 4.39 Å². The van der Waals surface area contributed by atoms with Crippen molar-refractivity contribution in [2.24, 2.45) is 17.8 Å². The summed E-state index contributed by atoms with van der Waals surface area (Å²) >= 11 is 0. The largest absolute Gasteiger partial charge is 0.491 e. The summed E-state index contributed by atoms with van der Waals surface area (Å²) in [5.41, 5.74) is 2.65. The van der Waals surface area contributed by atoms with Gasteiger partial charge in [-0.2, -0.15) is 0 Å². The van der Waals surface area contributed by atoms with E-state index in [1.165, 1.54) is 64.2 Å². The minimum Gasteiger partial charge on any atom is -0.491 e. The molecule has 1 saturated carbocycles. The lowest BCUT2D eigenvalue weighted by Gasteiger charge is -2.29. The molecule has 1 atom stereocenters. The molecule has 156 valence electrons. The highest BCUT2D eigenvalue weighted by Crippen LogP contribution is 2.36. The molecule has 0 radical (unpaired) electrons. The van der Waals surface area contributed by atoms with E-state index in [0.717, 1.165) is 36.2 Å². The van der Waals surface area contributed by atoms with E-state index in [-0.39, 0.29) is 5.82 Å². The van der Waals surface area contributed by atoms with Gasteiger partial charge in [0.2, 0.25) is 0 Å². The zero-order valence-electron chi connectivity index (χ0n) is 18.0. The molecular weight excluding hydrogens is 347 g/mol. The first-order valence-electron chi connectivity index (χ1n) is 11.8. The predicted octanol–water partition coefficient (Wildman–Crippen LogP) is 7.88. The number of ether oxygens (including phenoxy) is 1. The fourth-order valence-corrected chi connectivity index (χ4v) is 5.11. The van der Waals surface area contributed by atoms with Gasteiger partial charge in [0.25, 0.3) is 0 Å². The monoisotopic (exact) mass is 386 g/mol. The van der Waals surface area contributed by atoms with Gasteiger partial charge in [0.15, 0.2) is 11.6 Å². The molecule has 0 amide bonds. The Bertz CT molecular complexity index is 627. The second kappa shape index (κ2) is 11.0. The Hall–Kier alpha value is -1.31. The lowest BCUT2D eigenvalue weighted by molar-refractivity contribution is 0.241. The number of aryl methyl sites for hydroxylation is 1. The molecule has 0 heterocycles. The first-order valence-corrected chi connectivity index (χ1v) is 11.8. The molecule has 2 aliphatic rings. The topological polar surface area (TPSA) is 9.23 Å². The van der Waals surface area contributed by atoms with Crippen LogP contribution in [0.3, 0.4) is 0 Å². The smallest absolute Gasteiger partial charge is 0.165 e. The highest BCUT2D eigenvalue weighted by atomic mass is 19.1. The number of halogens is 1. The lowest BCUT2D eigenvalue weighted by atomic mass is 9.76. The standard InChI is InChI=1S/C26H39FO/c1-3-20-5-7-21(8-6-20)9-10-22-11-13-23(14-12-22)15-16-24-17-18-26(28-4-2)25(27)19-24/h13,17-22H,3-12,14-16H2,1-2H3/t20-,21-,22?. The van der Waals surface area contributed by atoms with Crippen molar-refractivity contribution >= 4 is 0 Å². The van der Waals surface area contributed by atoms with Gasteiger partial charge in [-0.15, -0.1) is 0 Å². The number of allylic oxidation sites excluding steroid dienone is 2. The van der Waals surface area contributed by atoms with Crippen molar-refractivity contribution in [2.45, 2.75) is 90.9 Å². The fourth-order valence-electron chi connectivity index (χ4n) is 5.11. The van der Waals surface area contributed by atoms with Crippen LogP contribution in [0.25, 0.3) is 0 Å². The number of hydrogen-bond donors (Lipinski definition) is 0. The van der Waals surface area contributed by atoms with E-state index in [1.807, 2.05) is 13.0 Å². The summed E-state index contributed by atoms with van der Waals surface area (Å²) < 4.78 is 19.3. The lowest BCUT2D eigenvalue weighted by Crippen LogP contribution is -2.15. The summed E-state index contributed by atoms with van der Waals surface area (Å²) in [6, 6.07) is 5.42. The van der Waals surface area contributed by atoms with Crippen LogP contribution in [-0.2, 0) is 6.42 Å². The van der Waals surface area contributed by atoms with Gasteiger partial charge < -0.3 is 4.74 Å². The molecule has 28 heavy (non-hydrogen) atoms. The first-order chi connectivity index (χ1) is 13.7. The highest BCUT2D eigenvalue weighted by Gasteiger charge is 2.22. The van der Waals surface area contributed by atoms with Gasteiger partial charge in [-0.3, -0.25) is 0 Å². The highest BCUT2D eigenvalue weighted by molar-refractivity contribution is 5.30. The molecule has 2 heteroatoms. The van der Waals surface area contributed by atoms with Crippen LogP contribution in [0, 0.1) is 23.6 Å². The molecule has 1 aromatic carbocycles. The Morgan fingerprint density at radius 2 is 1.68 bits per heavy atom. The quantitative estimate of drug-likeness (QED) is 0.392. The summed E-state index contributed by atoms with van der Waals surface area (Å²) in [5.74, 6) is 3.05. The third-order valence-corrected chi connectivity index (χ3v) is 7.17. The Balaban J connectivity index is 1.36. The molecular formula is C26H39FO. The maximum Gasteiger partial charge on any atom is 0.165 e. The molecule has 3 rings (SSSR count). The molecule has 0 aromatic heterocycles. The maximum atomic E-state index is 14.0. The molecule has 1 unspecified atom stereocenters. The average molecular weight is 387 g/mol. The van der Waals surface area contributed by atoms with Crippen LogP contribution >= 0.6 is 0 Å². The molecule has 0 bridgehead atoms. The third kappa shape index (κ3) is 6.36. The van der Waals surface area contributed by atoms with Crippen LogP contribution in [0.2, 0.25) is 0 Å². The average Bonchev–Trinajstić information content (AvgIpc) is 2.74. The molecule has 1 aromatic rings. The van der Waals surface area contributed by atoms with Crippen LogP contribution < -0.4 is 4.74 Å². The fraction of sp³-hybridized carbons (Fsp3) is 0.692. The van der Waals surface area contributed by atoms with Gasteiger partial charge in [-0.25, -0.2) is 4.39 Å². The minimum absolute atomic E-state index is 0.231. The summed E-state index contributed by atoms with van der Waals surface area (Å²) in [6.07, 6.45) is 18.5. The molecule has 2 aliphatic carbocycles. The number of benzene rings is 1. The van der Waals surface area contributed by atoms with Gasteiger partial charge >= 0.3 is 0 Å². The molecule has 0 N–H and O–H groups in total. The third-order valence-electron chi connectivity index (χ3n) is 7.17. The van der Waals surface area contributed by atoms with Gasteiger partial charge in [-0.05, 0) is 80.9 Å². The van der Waals surface area contributed by atoms with E-state index in [1.54, 1.807) is 17.7 Å². The van der Waals surface area contributed by atoms with Gasteiger partial charge in [0.05, 0.1) is 6.61 Å². The zero-order valence-corrected chi connectivity index (χ0v) is 18.0. The predicted molar refractivity (Wildman–Crippen MR) is 116 cm³/mol. The van der Waals surface area contributed by atoms with Crippen molar-refractivity contribution < 1.29 is 9.13 Å². The first kappa shape index (κ1) is 21.4. The van der Waals surface area contributed by atoms with Crippen molar-refractivity contribution in [3.05, 3.63) is 41.2 Å². The second-order valence-electron chi connectivity index (χ2n) is 9.07. The summed E-state index contributed by atoms with van der Waals surface area (Å²) in [7, 11) is 0. The summed E-state index contributed by atoms with van der Waals surface area (Å²) in [4.78, 5) is 0. The number of rotatable bonds is 9. The molecule has 0 saturated heterocycles. The summed E-state index contributed by atoms with van der Waals surface area (Å²) in [5, 5.41) is 0. The molecule has 0 aliphatic heterocycles. The Morgan fingerprint density at radius 1 is 0.929 bits per heavy atom. The van der Waals surface area contributed by atoms with Gasteiger partial charge in [0.1, 0.15) is 0 Å². The van der Waals surface area contributed by atoms with E-state index in [0.29, 0.717) is 12.4 Å². The number of hydrogen-bond acceptors (Lipinski definition) is 1. The minimum atomic E-state index is -0.231. The molecule has 1 nitrogen and oxygen atoms in total. The Morgan fingerprint density at radius 3 is 2.32 bits per heavy atom. The second-order valence-corrected chi connectivity index (χ2v) is 9.07. The van der Waals surface area contributed by atoms with Crippen LogP contribution in [0.1, 0.15) is 90.0 Å². The Kier molecular flexibility index (Phi) is 8.43. The van der Waals surface area contributed by atoms with Gasteiger partial charge in [0, 0.05) is 0 Å². The van der Waals surface area contributed by atoms with E-state index < -0.39 is 0 Å². The zero-order chi connectivity index (χ0) is 19.8. The van der Waals surface area contributed by atoms with Crippen LogP contribution in [0.5, 0.6) is 5.75 Å². The SMILES string of the molecule is CCOc1ccc(CCC2=CCC(CC[C@H]3CC[C@H](CC)CC3)CC2)cc1F. The summed E-state index contributed by atoms with van der Waals surface area (Å²) in [6.45, 7) is 4.74. The van der Waals surface area contributed by atoms with Gasteiger partial charge in [-0.1, -0.05) is 63.2 Å². The van der Waals surface area contributed by atoms with E-state index >= 15 is 0 Å². The van der Waals surface area contributed by atoms with Crippen LogP contribution in [0.15, 0.2) is 29.8 Å². The van der Waals surface area contributed by atoms with Crippen molar-refractivity contribution in [1.82, 2.24) is 0 Å². The van der Waals surface area contributed by atoms with Crippen LogP contribution in [0.4, 0.5) is 4.39 Å². The van der Waals surface area contributed by atoms with E-state index in [2.05, 4.69) is 13.0 Å². The molecule has 1 fully saturated rings. The van der Waals surface area contributed by atoms with Crippen LogP contribution in [-0.4, -0.2) is 6.61 Å². The van der Waals surface area contributed by atoms with Crippen molar-refractivity contribution in [3.8, 4) is 5.75 Å². The Labute approximate surface area is 171 Å². The maximum absolute atomic E-state index is 14.0. The van der Waals surface area contributed by atoms with Crippen molar-refractivity contribution in [1.29, 1.82) is 0 Å². The normalized spacial score (nSPS) is 25.4. The van der Waals surface area contributed by atoms with E-state index in [4.69, 9.17) is 4.74 Å².